The SMILES string of the molecule is CC(=O)NC(C)C(=O)Nc1ccc2[nH]c(O)c(C(=Nc3ccc(CN4CCCCC4)cc3)c3ccccc3)c2c1. The number of anilines is 1. The summed E-state index contributed by atoms with van der Waals surface area (Å²) in [5.74, 6) is -0.619. The Morgan fingerprint density at radius 2 is 1.73 bits per heavy atom. The van der Waals surface area contributed by atoms with E-state index < -0.39 is 6.04 Å². The van der Waals surface area contributed by atoms with Crippen molar-refractivity contribution in [3.05, 3.63) is 89.5 Å². The summed E-state index contributed by atoms with van der Waals surface area (Å²) in [5.41, 5.74) is 5.30. The Morgan fingerprint density at radius 1 is 1.00 bits per heavy atom. The van der Waals surface area contributed by atoms with Crippen LogP contribution in [0.1, 0.15) is 49.8 Å². The van der Waals surface area contributed by atoms with Crippen molar-refractivity contribution in [3.8, 4) is 5.88 Å². The van der Waals surface area contributed by atoms with Crippen molar-refractivity contribution < 1.29 is 14.7 Å². The number of aromatic amines is 1. The van der Waals surface area contributed by atoms with Crippen molar-refractivity contribution in [1.82, 2.24) is 15.2 Å². The van der Waals surface area contributed by atoms with Crippen LogP contribution in [0.5, 0.6) is 5.88 Å². The predicted molar refractivity (Wildman–Crippen MR) is 159 cm³/mol. The van der Waals surface area contributed by atoms with E-state index in [0.29, 0.717) is 27.9 Å². The lowest BCUT2D eigenvalue weighted by molar-refractivity contribution is -0.124. The van der Waals surface area contributed by atoms with Crippen LogP contribution >= 0.6 is 0 Å². The van der Waals surface area contributed by atoms with Gasteiger partial charge in [0, 0.05) is 35.6 Å². The third kappa shape index (κ3) is 6.40. The number of fused-ring (bicyclic) bond motifs is 1. The maximum atomic E-state index is 12.6. The number of rotatable bonds is 8. The molecule has 1 aliphatic rings. The lowest BCUT2D eigenvalue weighted by Gasteiger charge is -2.26. The number of piperidine rings is 1. The van der Waals surface area contributed by atoms with Crippen LogP contribution in [0.2, 0.25) is 0 Å². The van der Waals surface area contributed by atoms with Crippen molar-refractivity contribution in [2.24, 2.45) is 4.99 Å². The summed E-state index contributed by atoms with van der Waals surface area (Å²) in [4.78, 5) is 34.5. The van der Waals surface area contributed by atoms with Gasteiger partial charge in [-0.2, -0.15) is 0 Å². The molecular weight excluding hydrogens is 502 g/mol. The average molecular weight is 538 g/mol. The molecule has 3 aromatic carbocycles. The standard InChI is InChI=1S/C32H35N5O3/c1-21(33-22(2)38)31(39)35-26-15-16-28-27(19-26)29(32(40)36-28)30(24-9-5-3-6-10-24)34-25-13-11-23(12-14-25)20-37-17-7-4-8-18-37/h3,5-6,9-16,19,21,36,40H,4,7-8,17-18,20H2,1-2H3,(H,33,38)(H,35,39). The molecule has 0 aliphatic carbocycles. The van der Waals surface area contributed by atoms with Crippen molar-refractivity contribution in [1.29, 1.82) is 0 Å². The molecule has 8 heteroatoms. The highest BCUT2D eigenvalue weighted by atomic mass is 16.3. The van der Waals surface area contributed by atoms with E-state index in [4.69, 9.17) is 4.99 Å². The number of nitrogens with one attached hydrogen (secondary N) is 3. The van der Waals surface area contributed by atoms with Gasteiger partial charge >= 0.3 is 0 Å². The summed E-state index contributed by atoms with van der Waals surface area (Å²) in [6.07, 6.45) is 3.84. The van der Waals surface area contributed by atoms with Crippen molar-refractivity contribution >= 4 is 39.8 Å². The third-order valence-corrected chi connectivity index (χ3v) is 7.18. The number of aliphatic imine (C=N–C) groups is 1. The van der Waals surface area contributed by atoms with Gasteiger partial charge in [0.15, 0.2) is 5.88 Å². The Hall–Kier alpha value is -4.43. The number of hydrogen-bond acceptors (Lipinski definition) is 5. The first-order valence-electron chi connectivity index (χ1n) is 13.8. The van der Waals surface area contributed by atoms with Gasteiger partial charge in [0.05, 0.1) is 17.0 Å². The summed E-state index contributed by atoms with van der Waals surface area (Å²) in [7, 11) is 0. The quantitative estimate of drug-likeness (QED) is 0.223. The predicted octanol–water partition coefficient (Wildman–Crippen LogP) is 5.49. The summed E-state index contributed by atoms with van der Waals surface area (Å²) in [6, 6.07) is 22.7. The van der Waals surface area contributed by atoms with Gasteiger partial charge in [0.25, 0.3) is 0 Å². The largest absolute Gasteiger partial charge is 0.494 e. The van der Waals surface area contributed by atoms with E-state index in [1.807, 2.05) is 42.5 Å². The topological polar surface area (TPSA) is 110 Å². The molecule has 1 unspecified atom stereocenters. The van der Waals surface area contributed by atoms with Crippen LogP contribution in [0, 0.1) is 0 Å². The molecule has 1 atom stereocenters. The molecule has 1 aliphatic heterocycles. The Labute approximate surface area is 234 Å². The second-order valence-corrected chi connectivity index (χ2v) is 10.4. The Morgan fingerprint density at radius 3 is 2.42 bits per heavy atom. The van der Waals surface area contributed by atoms with Crippen molar-refractivity contribution in [2.45, 2.75) is 45.7 Å². The van der Waals surface area contributed by atoms with E-state index in [1.165, 1.54) is 31.7 Å². The molecule has 0 saturated carbocycles. The van der Waals surface area contributed by atoms with Crippen molar-refractivity contribution in [3.63, 3.8) is 0 Å². The Bertz CT molecular complexity index is 1520. The molecule has 2 amide bonds. The van der Waals surface area contributed by atoms with Gasteiger partial charge in [-0.3, -0.25) is 14.5 Å². The van der Waals surface area contributed by atoms with Crippen LogP contribution < -0.4 is 10.6 Å². The molecule has 206 valence electrons. The van der Waals surface area contributed by atoms with E-state index in [-0.39, 0.29) is 17.7 Å². The number of benzene rings is 3. The minimum absolute atomic E-state index is 0.00517. The number of aromatic hydroxyl groups is 1. The summed E-state index contributed by atoms with van der Waals surface area (Å²) in [6.45, 7) is 6.23. The van der Waals surface area contributed by atoms with Crippen molar-refractivity contribution in [2.75, 3.05) is 18.4 Å². The minimum Gasteiger partial charge on any atom is -0.494 e. The highest BCUT2D eigenvalue weighted by Crippen LogP contribution is 2.33. The number of amides is 2. The van der Waals surface area contributed by atoms with E-state index in [2.05, 4.69) is 32.7 Å². The van der Waals surface area contributed by atoms with Gasteiger partial charge < -0.3 is 20.7 Å². The molecule has 4 aromatic rings. The number of nitrogens with zero attached hydrogens (tertiary/aromatic N) is 2. The first-order chi connectivity index (χ1) is 19.4. The molecule has 4 N–H and O–H groups in total. The zero-order valence-corrected chi connectivity index (χ0v) is 22.9. The third-order valence-electron chi connectivity index (χ3n) is 7.18. The fourth-order valence-corrected chi connectivity index (χ4v) is 5.16. The lowest BCUT2D eigenvalue weighted by atomic mass is 10.0. The van der Waals surface area contributed by atoms with Gasteiger partial charge in [0.2, 0.25) is 11.8 Å². The van der Waals surface area contributed by atoms with Gasteiger partial charge in [0.1, 0.15) is 6.04 Å². The lowest BCUT2D eigenvalue weighted by Crippen LogP contribution is -2.40. The number of carbonyl (C=O) groups excluding carboxylic acids is 2. The van der Waals surface area contributed by atoms with E-state index in [9.17, 15) is 14.7 Å². The molecule has 40 heavy (non-hydrogen) atoms. The number of carbonyl (C=O) groups is 2. The van der Waals surface area contributed by atoms with Crippen LogP contribution in [-0.2, 0) is 16.1 Å². The first-order valence-corrected chi connectivity index (χ1v) is 13.8. The zero-order chi connectivity index (χ0) is 28.1. The molecule has 1 aromatic heterocycles. The van der Waals surface area contributed by atoms with Gasteiger partial charge in [-0.1, -0.05) is 48.9 Å². The molecular formula is C32H35N5O3. The van der Waals surface area contributed by atoms with Crippen LogP contribution in [0.4, 0.5) is 11.4 Å². The number of hydrogen-bond donors (Lipinski definition) is 4. The van der Waals surface area contributed by atoms with E-state index in [1.54, 1.807) is 25.1 Å². The fourth-order valence-electron chi connectivity index (χ4n) is 5.16. The van der Waals surface area contributed by atoms with E-state index in [0.717, 1.165) is 30.9 Å². The Balaban J connectivity index is 1.49. The molecule has 8 nitrogen and oxygen atoms in total. The second kappa shape index (κ2) is 12.2. The molecule has 0 bridgehead atoms. The van der Waals surface area contributed by atoms with Crippen LogP contribution in [0.3, 0.4) is 0 Å². The summed E-state index contributed by atoms with van der Waals surface area (Å²) < 4.78 is 0. The summed E-state index contributed by atoms with van der Waals surface area (Å²) in [5, 5.41) is 17.2. The van der Waals surface area contributed by atoms with Gasteiger partial charge in [-0.25, -0.2) is 4.99 Å². The van der Waals surface area contributed by atoms with E-state index >= 15 is 0 Å². The van der Waals surface area contributed by atoms with Gasteiger partial charge in [-0.05, 0) is 68.8 Å². The first kappa shape index (κ1) is 27.1. The number of likely N-dealkylation sites (tertiary alicyclic amines) is 1. The maximum absolute atomic E-state index is 12.6. The van der Waals surface area contributed by atoms with Crippen LogP contribution in [0.25, 0.3) is 10.9 Å². The highest BCUT2D eigenvalue weighted by Gasteiger charge is 2.20. The van der Waals surface area contributed by atoms with Crippen LogP contribution in [-0.4, -0.2) is 51.6 Å². The second-order valence-electron chi connectivity index (χ2n) is 10.4. The summed E-state index contributed by atoms with van der Waals surface area (Å²) >= 11 is 0. The Kier molecular flexibility index (Phi) is 8.26. The smallest absolute Gasteiger partial charge is 0.246 e. The van der Waals surface area contributed by atoms with Gasteiger partial charge in [-0.15, -0.1) is 0 Å². The van der Waals surface area contributed by atoms with Crippen LogP contribution in [0.15, 0.2) is 77.8 Å². The monoisotopic (exact) mass is 537 g/mol. The maximum Gasteiger partial charge on any atom is 0.246 e. The minimum atomic E-state index is -0.688. The normalized spacial score (nSPS) is 15.1. The zero-order valence-electron chi connectivity index (χ0n) is 22.9. The molecule has 0 spiro atoms. The fraction of sp³-hybridized carbons (Fsp3) is 0.281. The average Bonchev–Trinajstić information content (AvgIpc) is 3.28. The molecule has 1 fully saturated rings. The molecule has 5 rings (SSSR count). The number of aromatic nitrogens is 1. The number of H-pyrrole nitrogens is 1. The molecule has 1 saturated heterocycles. The molecule has 2 heterocycles. The highest BCUT2D eigenvalue weighted by molar-refractivity contribution is 6.22. The molecule has 0 radical (unpaired) electrons.